The van der Waals surface area contributed by atoms with Crippen molar-refractivity contribution < 1.29 is 9.50 Å². The average Bonchev–Trinajstić information content (AvgIpc) is 2.05. The minimum atomic E-state index is -1.98. The maximum atomic E-state index is 12.9. The largest absolute Gasteiger partial charge is 0.363 e. The molecule has 0 bridgehead atoms. The number of aliphatic hydroxyl groups is 1. The highest BCUT2D eigenvalue weighted by Gasteiger charge is 2.26. The van der Waals surface area contributed by atoms with Gasteiger partial charge in [-0.3, -0.25) is 0 Å². The first-order chi connectivity index (χ1) is 5.58. The van der Waals surface area contributed by atoms with E-state index >= 15 is 0 Å². The highest BCUT2D eigenvalue weighted by atomic mass is 19.1. The van der Waals surface area contributed by atoms with Gasteiger partial charge in [-0.15, -0.1) is 4.91 Å². The van der Waals surface area contributed by atoms with Crippen LogP contribution in [0, 0.1) is 10.7 Å². The summed E-state index contributed by atoms with van der Waals surface area (Å²) in [5.74, 6) is -0.637. The van der Waals surface area contributed by atoms with Crippen LogP contribution in [0.5, 0.6) is 0 Å². The number of hydrogen-bond donors (Lipinski definition) is 1. The molecule has 0 heterocycles. The molecule has 0 radical (unpaired) electrons. The van der Waals surface area contributed by atoms with E-state index in [4.69, 9.17) is 0 Å². The summed E-state index contributed by atoms with van der Waals surface area (Å²) in [6.07, 6.45) is 0. The number of nitroso groups, excluding NO2 is 1. The van der Waals surface area contributed by atoms with Crippen molar-refractivity contribution in [3.8, 4) is 0 Å². The molecule has 1 aromatic carbocycles. The summed E-state index contributed by atoms with van der Waals surface area (Å²) in [5, 5.41) is 11.7. The van der Waals surface area contributed by atoms with E-state index in [-0.39, 0.29) is 5.56 Å². The van der Waals surface area contributed by atoms with Crippen molar-refractivity contribution in [1.82, 2.24) is 0 Å². The lowest BCUT2D eigenvalue weighted by Crippen LogP contribution is -2.18. The second-order valence-electron chi connectivity index (χ2n) is 2.59. The topological polar surface area (TPSA) is 49.7 Å². The number of hydrogen-bond acceptors (Lipinski definition) is 3. The zero-order chi connectivity index (χ0) is 9.19. The Morgan fingerprint density at radius 1 is 1.50 bits per heavy atom. The van der Waals surface area contributed by atoms with Crippen LogP contribution in [0.1, 0.15) is 12.5 Å². The molecule has 0 aliphatic rings. The Morgan fingerprint density at radius 2 is 2.08 bits per heavy atom. The molecule has 0 aromatic heterocycles. The van der Waals surface area contributed by atoms with Crippen LogP contribution < -0.4 is 0 Å². The number of benzene rings is 1. The monoisotopic (exact) mass is 169 g/mol. The molecule has 1 N–H and O–H groups in total. The Labute approximate surface area is 68.8 Å². The van der Waals surface area contributed by atoms with Gasteiger partial charge in [-0.05, 0) is 18.2 Å². The highest BCUT2D eigenvalue weighted by Crippen LogP contribution is 2.23. The standard InChI is InChI=1S/C8H8FNO2/c1-8(11,10-12)6-4-2-3-5-7(6)9/h2-5,11H,1H3. The first-order valence-electron chi connectivity index (χ1n) is 3.40. The predicted molar refractivity (Wildman–Crippen MR) is 41.8 cm³/mol. The first kappa shape index (κ1) is 8.80. The van der Waals surface area contributed by atoms with Crippen LogP contribution in [0.4, 0.5) is 4.39 Å². The molecule has 0 saturated carbocycles. The molecule has 0 amide bonds. The third-order valence-corrected chi connectivity index (χ3v) is 1.56. The summed E-state index contributed by atoms with van der Waals surface area (Å²) < 4.78 is 12.9. The van der Waals surface area contributed by atoms with Crippen molar-refractivity contribution in [2.24, 2.45) is 5.18 Å². The molecule has 64 valence electrons. The molecule has 0 aliphatic carbocycles. The van der Waals surface area contributed by atoms with Crippen molar-refractivity contribution in [2.45, 2.75) is 12.6 Å². The van der Waals surface area contributed by atoms with Crippen LogP contribution in [-0.4, -0.2) is 5.11 Å². The van der Waals surface area contributed by atoms with Crippen LogP contribution in [-0.2, 0) is 5.72 Å². The first-order valence-corrected chi connectivity index (χ1v) is 3.40. The normalized spacial score (nSPS) is 15.2. The second-order valence-corrected chi connectivity index (χ2v) is 2.59. The van der Waals surface area contributed by atoms with Gasteiger partial charge in [0.05, 0.1) is 0 Å². The molecule has 0 fully saturated rings. The Hall–Kier alpha value is -1.29. The van der Waals surface area contributed by atoms with E-state index < -0.39 is 11.5 Å². The number of rotatable bonds is 2. The molecule has 1 atom stereocenters. The molecule has 0 aliphatic heterocycles. The predicted octanol–water partition coefficient (Wildman–Crippen LogP) is 1.76. The molecule has 0 saturated heterocycles. The van der Waals surface area contributed by atoms with Gasteiger partial charge in [-0.1, -0.05) is 18.2 Å². The molecular weight excluding hydrogens is 161 g/mol. The zero-order valence-electron chi connectivity index (χ0n) is 6.49. The summed E-state index contributed by atoms with van der Waals surface area (Å²) >= 11 is 0. The minimum Gasteiger partial charge on any atom is -0.363 e. The van der Waals surface area contributed by atoms with Gasteiger partial charge in [0.2, 0.25) is 5.72 Å². The minimum absolute atomic E-state index is 0.111. The van der Waals surface area contributed by atoms with Crippen LogP contribution >= 0.6 is 0 Å². The van der Waals surface area contributed by atoms with Gasteiger partial charge in [-0.2, -0.15) is 0 Å². The number of halogens is 1. The third kappa shape index (κ3) is 1.48. The van der Waals surface area contributed by atoms with E-state index in [2.05, 4.69) is 5.18 Å². The highest BCUT2D eigenvalue weighted by molar-refractivity contribution is 5.22. The average molecular weight is 169 g/mol. The van der Waals surface area contributed by atoms with Crippen molar-refractivity contribution in [3.63, 3.8) is 0 Å². The molecular formula is C8H8FNO2. The van der Waals surface area contributed by atoms with Gasteiger partial charge in [0.25, 0.3) is 0 Å². The van der Waals surface area contributed by atoms with E-state index in [1.807, 2.05) is 0 Å². The SMILES string of the molecule is CC(O)(N=O)c1ccccc1F. The van der Waals surface area contributed by atoms with Gasteiger partial charge < -0.3 is 5.11 Å². The van der Waals surface area contributed by atoms with Crippen molar-refractivity contribution in [2.75, 3.05) is 0 Å². The summed E-state index contributed by atoms with van der Waals surface area (Å²) in [6.45, 7) is 1.14. The van der Waals surface area contributed by atoms with Gasteiger partial charge in [0, 0.05) is 5.56 Å². The Balaban J connectivity index is 3.19. The summed E-state index contributed by atoms with van der Waals surface area (Å²) in [4.78, 5) is 10.1. The van der Waals surface area contributed by atoms with Crippen molar-refractivity contribution >= 4 is 0 Å². The van der Waals surface area contributed by atoms with E-state index in [0.29, 0.717) is 0 Å². The molecule has 0 spiro atoms. The Kier molecular flexibility index (Phi) is 2.19. The van der Waals surface area contributed by atoms with Crippen LogP contribution in [0.15, 0.2) is 29.4 Å². The fraction of sp³-hybridized carbons (Fsp3) is 0.250. The fourth-order valence-electron chi connectivity index (χ4n) is 0.894. The summed E-state index contributed by atoms with van der Waals surface area (Å²) in [7, 11) is 0. The lowest BCUT2D eigenvalue weighted by Gasteiger charge is -2.14. The third-order valence-electron chi connectivity index (χ3n) is 1.56. The Morgan fingerprint density at radius 3 is 2.58 bits per heavy atom. The fourth-order valence-corrected chi connectivity index (χ4v) is 0.894. The van der Waals surface area contributed by atoms with Gasteiger partial charge in [0.15, 0.2) is 0 Å². The van der Waals surface area contributed by atoms with Crippen molar-refractivity contribution in [1.29, 1.82) is 0 Å². The quantitative estimate of drug-likeness (QED) is 0.685. The number of nitrogens with zero attached hydrogens (tertiary/aromatic N) is 1. The van der Waals surface area contributed by atoms with E-state index in [1.165, 1.54) is 18.2 Å². The van der Waals surface area contributed by atoms with E-state index in [0.717, 1.165) is 13.0 Å². The van der Waals surface area contributed by atoms with Gasteiger partial charge >= 0.3 is 0 Å². The molecule has 12 heavy (non-hydrogen) atoms. The molecule has 1 aromatic rings. The van der Waals surface area contributed by atoms with Crippen LogP contribution in [0.25, 0.3) is 0 Å². The summed E-state index contributed by atoms with van der Waals surface area (Å²) in [6, 6.07) is 5.48. The van der Waals surface area contributed by atoms with E-state index in [9.17, 15) is 14.4 Å². The molecule has 1 unspecified atom stereocenters. The zero-order valence-corrected chi connectivity index (χ0v) is 6.49. The molecule has 1 rings (SSSR count). The Bertz CT molecular complexity index is 299. The van der Waals surface area contributed by atoms with Crippen molar-refractivity contribution in [3.05, 3.63) is 40.6 Å². The lowest BCUT2D eigenvalue weighted by molar-refractivity contribution is 0.0617. The van der Waals surface area contributed by atoms with Crippen LogP contribution in [0.2, 0.25) is 0 Å². The van der Waals surface area contributed by atoms with Crippen LogP contribution in [0.3, 0.4) is 0 Å². The smallest absolute Gasteiger partial charge is 0.223 e. The maximum absolute atomic E-state index is 12.9. The van der Waals surface area contributed by atoms with Gasteiger partial charge in [0.1, 0.15) is 5.82 Å². The lowest BCUT2D eigenvalue weighted by atomic mass is 10.1. The summed E-state index contributed by atoms with van der Waals surface area (Å²) in [5.41, 5.74) is -2.09. The van der Waals surface area contributed by atoms with E-state index in [1.54, 1.807) is 0 Å². The molecule has 4 heteroatoms. The maximum Gasteiger partial charge on any atom is 0.223 e. The second kappa shape index (κ2) is 2.98. The molecule has 3 nitrogen and oxygen atoms in total. The van der Waals surface area contributed by atoms with Gasteiger partial charge in [-0.25, -0.2) is 4.39 Å².